The van der Waals surface area contributed by atoms with E-state index in [1.807, 2.05) is 30.3 Å². The first-order valence-corrected chi connectivity index (χ1v) is 8.52. The van der Waals surface area contributed by atoms with Crippen LogP contribution in [0.1, 0.15) is 32.7 Å². The first-order chi connectivity index (χ1) is 12.6. The SMILES string of the molecule is COC(=O)c1ccccc1C(=O)N[C@]1(c2ccccc2)CCNC[C@H]1O. The lowest BCUT2D eigenvalue weighted by molar-refractivity contribution is 0.0288. The molecule has 3 rings (SSSR count). The minimum absolute atomic E-state index is 0.194. The van der Waals surface area contributed by atoms with Gasteiger partial charge in [0.2, 0.25) is 0 Å². The molecule has 1 heterocycles. The van der Waals surface area contributed by atoms with Gasteiger partial charge in [0.1, 0.15) is 0 Å². The van der Waals surface area contributed by atoms with E-state index in [9.17, 15) is 14.7 Å². The third-order valence-electron chi connectivity index (χ3n) is 4.81. The number of rotatable bonds is 4. The van der Waals surface area contributed by atoms with Crippen molar-refractivity contribution in [3.63, 3.8) is 0 Å². The zero-order valence-electron chi connectivity index (χ0n) is 14.6. The van der Waals surface area contributed by atoms with Crippen LogP contribution in [0.3, 0.4) is 0 Å². The van der Waals surface area contributed by atoms with E-state index < -0.39 is 23.5 Å². The lowest BCUT2D eigenvalue weighted by Gasteiger charge is -2.43. The zero-order valence-corrected chi connectivity index (χ0v) is 14.6. The van der Waals surface area contributed by atoms with Gasteiger partial charge in [-0.05, 0) is 30.7 Å². The van der Waals surface area contributed by atoms with E-state index in [2.05, 4.69) is 10.6 Å². The van der Waals surface area contributed by atoms with Crippen LogP contribution in [0.15, 0.2) is 54.6 Å². The van der Waals surface area contributed by atoms with Crippen molar-refractivity contribution in [1.82, 2.24) is 10.6 Å². The van der Waals surface area contributed by atoms with Crippen LogP contribution in [0.2, 0.25) is 0 Å². The molecule has 0 radical (unpaired) electrons. The van der Waals surface area contributed by atoms with Crippen LogP contribution in [0.25, 0.3) is 0 Å². The molecule has 26 heavy (non-hydrogen) atoms. The first-order valence-electron chi connectivity index (χ1n) is 8.52. The predicted molar refractivity (Wildman–Crippen MR) is 96.9 cm³/mol. The highest BCUT2D eigenvalue weighted by Crippen LogP contribution is 2.31. The second-order valence-electron chi connectivity index (χ2n) is 6.30. The minimum atomic E-state index is -0.924. The molecule has 3 N–H and O–H groups in total. The molecular formula is C20H22N2O4. The number of methoxy groups -OCH3 is 1. The van der Waals surface area contributed by atoms with Crippen molar-refractivity contribution in [1.29, 1.82) is 0 Å². The quantitative estimate of drug-likeness (QED) is 0.724. The van der Waals surface area contributed by atoms with Crippen LogP contribution in [0, 0.1) is 0 Å². The molecule has 1 saturated heterocycles. The van der Waals surface area contributed by atoms with Crippen LogP contribution in [0.4, 0.5) is 0 Å². The predicted octanol–water partition coefficient (Wildman–Crippen LogP) is 1.45. The Morgan fingerprint density at radius 3 is 2.42 bits per heavy atom. The molecule has 0 unspecified atom stereocenters. The topological polar surface area (TPSA) is 87.7 Å². The second-order valence-corrected chi connectivity index (χ2v) is 6.30. The maximum Gasteiger partial charge on any atom is 0.338 e. The number of carbonyl (C=O) groups is 2. The summed E-state index contributed by atoms with van der Waals surface area (Å²) in [6.45, 7) is 1.03. The van der Waals surface area contributed by atoms with E-state index in [1.54, 1.807) is 24.3 Å². The Labute approximate surface area is 152 Å². The van der Waals surface area contributed by atoms with Gasteiger partial charge >= 0.3 is 5.97 Å². The molecule has 0 aromatic heterocycles. The van der Waals surface area contributed by atoms with Gasteiger partial charge in [-0.2, -0.15) is 0 Å². The number of hydrogen-bond acceptors (Lipinski definition) is 5. The monoisotopic (exact) mass is 354 g/mol. The average Bonchev–Trinajstić information content (AvgIpc) is 2.69. The maximum absolute atomic E-state index is 13.0. The number of carbonyl (C=O) groups excluding carboxylic acids is 2. The Kier molecular flexibility index (Phi) is 5.35. The lowest BCUT2D eigenvalue weighted by atomic mass is 9.79. The summed E-state index contributed by atoms with van der Waals surface area (Å²) in [5, 5.41) is 16.9. The van der Waals surface area contributed by atoms with E-state index in [4.69, 9.17) is 4.74 Å². The summed E-state index contributed by atoms with van der Waals surface area (Å²) < 4.78 is 4.77. The number of benzene rings is 2. The molecule has 1 fully saturated rings. The van der Waals surface area contributed by atoms with Crippen LogP contribution in [-0.4, -0.2) is 43.3 Å². The normalized spacial score (nSPS) is 22.5. The fraction of sp³-hybridized carbons (Fsp3) is 0.300. The van der Waals surface area contributed by atoms with Gasteiger partial charge in [-0.15, -0.1) is 0 Å². The Morgan fingerprint density at radius 2 is 1.77 bits per heavy atom. The molecule has 0 spiro atoms. The van der Waals surface area contributed by atoms with Crippen LogP contribution in [-0.2, 0) is 10.3 Å². The summed E-state index contributed by atoms with van der Waals surface area (Å²) in [6, 6.07) is 15.9. The fourth-order valence-corrected chi connectivity index (χ4v) is 3.39. The standard InChI is InChI=1S/C20H22N2O4/c1-26-19(25)16-10-6-5-9-15(16)18(24)22-20(11-12-21-13-17(20)23)14-7-3-2-4-8-14/h2-10,17,21,23H,11-13H2,1H3,(H,22,24)/t17-,20+/m1/s1. The summed E-state index contributed by atoms with van der Waals surface area (Å²) in [6.07, 6.45) is -0.266. The van der Waals surface area contributed by atoms with Gasteiger partial charge in [0.25, 0.3) is 5.91 Å². The second kappa shape index (κ2) is 7.68. The Bertz CT molecular complexity index is 793. The summed E-state index contributed by atoms with van der Waals surface area (Å²) in [7, 11) is 1.28. The molecule has 1 aliphatic rings. The maximum atomic E-state index is 13.0. The molecule has 1 amide bonds. The Hall–Kier alpha value is -2.70. The molecule has 6 nitrogen and oxygen atoms in total. The van der Waals surface area contributed by atoms with Crippen LogP contribution >= 0.6 is 0 Å². The number of β-amino-alcohol motifs (C(OH)–C–C–N with tert-alkyl or cyclic N) is 1. The average molecular weight is 354 g/mol. The van der Waals surface area contributed by atoms with Crippen molar-refractivity contribution in [2.75, 3.05) is 20.2 Å². The van der Waals surface area contributed by atoms with Gasteiger partial charge in [-0.3, -0.25) is 4.79 Å². The number of ether oxygens (including phenoxy) is 1. The molecule has 2 atom stereocenters. The highest BCUT2D eigenvalue weighted by atomic mass is 16.5. The van der Waals surface area contributed by atoms with Gasteiger partial charge in [0, 0.05) is 6.54 Å². The minimum Gasteiger partial charge on any atom is -0.465 e. The lowest BCUT2D eigenvalue weighted by Crippen LogP contribution is -2.61. The molecule has 0 bridgehead atoms. The van der Waals surface area contributed by atoms with Crippen molar-refractivity contribution >= 4 is 11.9 Å². The van der Waals surface area contributed by atoms with Crippen LogP contribution in [0.5, 0.6) is 0 Å². The summed E-state index contributed by atoms with van der Waals surface area (Å²) in [4.78, 5) is 25.0. The van der Waals surface area contributed by atoms with Crippen LogP contribution < -0.4 is 10.6 Å². The molecule has 136 valence electrons. The van der Waals surface area contributed by atoms with Gasteiger partial charge in [0.15, 0.2) is 0 Å². The van der Waals surface area contributed by atoms with Gasteiger partial charge in [0.05, 0.1) is 29.9 Å². The zero-order chi connectivity index (χ0) is 18.6. The van der Waals surface area contributed by atoms with Gasteiger partial charge < -0.3 is 20.5 Å². The summed E-state index contributed by atoms with van der Waals surface area (Å²) in [5.74, 6) is -0.994. The molecule has 2 aromatic carbocycles. The number of nitrogens with one attached hydrogen (secondary N) is 2. The molecule has 0 saturated carbocycles. The largest absolute Gasteiger partial charge is 0.465 e. The Balaban J connectivity index is 1.99. The third kappa shape index (κ3) is 3.34. The van der Waals surface area contributed by atoms with Crippen molar-refractivity contribution in [3.8, 4) is 0 Å². The smallest absolute Gasteiger partial charge is 0.338 e. The number of esters is 1. The van der Waals surface area contributed by atoms with E-state index in [-0.39, 0.29) is 11.1 Å². The van der Waals surface area contributed by atoms with Crippen molar-refractivity contribution in [3.05, 3.63) is 71.3 Å². The highest BCUT2D eigenvalue weighted by Gasteiger charge is 2.43. The first kappa shape index (κ1) is 18.1. The molecular weight excluding hydrogens is 332 g/mol. The molecule has 2 aromatic rings. The number of amides is 1. The highest BCUT2D eigenvalue weighted by molar-refractivity contribution is 6.05. The fourth-order valence-electron chi connectivity index (χ4n) is 3.39. The molecule has 0 aliphatic carbocycles. The van der Waals surface area contributed by atoms with E-state index in [1.165, 1.54) is 7.11 Å². The summed E-state index contributed by atoms with van der Waals surface area (Å²) in [5.41, 5.74) is 0.324. The Morgan fingerprint density at radius 1 is 1.12 bits per heavy atom. The number of piperidine rings is 1. The van der Waals surface area contributed by atoms with Crippen molar-refractivity contribution in [2.45, 2.75) is 18.1 Å². The van der Waals surface area contributed by atoms with Gasteiger partial charge in [-0.1, -0.05) is 42.5 Å². The number of aliphatic hydroxyl groups excluding tert-OH is 1. The van der Waals surface area contributed by atoms with Crippen molar-refractivity contribution < 1.29 is 19.4 Å². The number of aliphatic hydroxyl groups is 1. The van der Waals surface area contributed by atoms with E-state index in [0.717, 1.165) is 5.56 Å². The molecule has 6 heteroatoms. The van der Waals surface area contributed by atoms with Crippen molar-refractivity contribution in [2.24, 2.45) is 0 Å². The van der Waals surface area contributed by atoms with E-state index >= 15 is 0 Å². The third-order valence-corrected chi connectivity index (χ3v) is 4.81. The molecule has 1 aliphatic heterocycles. The summed E-state index contributed by atoms with van der Waals surface area (Å²) >= 11 is 0. The number of hydrogen-bond donors (Lipinski definition) is 3. The van der Waals surface area contributed by atoms with E-state index in [0.29, 0.717) is 19.5 Å². The van der Waals surface area contributed by atoms with Gasteiger partial charge in [-0.25, -0.2) is 4.79 Å².